The summed E-state index contributed by atoms with van der Waals surface area (Å²) in [6.45, 7) is 7.94. The Kier molecular flexibility index (Phi) is 10.3. The van der Waals surface area contributed by atoms with E-state index in [1.807, 2.05) is 6.07 Å². The zero-order valence-corrected chi connectivity index (χ0v) is 26.4. The van der Waals surface area contributed by atoms with Gasteiger partial charge < -0.3 is 14.3 Å². The Labute approximate surface area is 244 Å². The number of hydrogen-bond donors (Lipinski definition) is 1. The first kappa shape index (κ1) is 31.9. The van der Waals surface area contributed by atoms with E-state index < -0.39 is 46.6 Å². The second-order valence-corrected chi connectivity index (χ2v) is 19.7. The monoisotopic (exact) mass is 654 g/mol. The van der Waals surface area contributed by atoms with E-state index in [9.17, 15) is 22.8 Å². The number of ether oxygens (including phenoxy) is 2. The van der Waals surface area contributed by atoms with Crippen LogP contribution in [0.1, 0.15) is 35.3 Å². The molecule has 0 aliphatic carbocycles. The van der Waals surface area contributed by atoms with Gasteiger partial charge in [-0.1, -0.05) is 78.0 Å². The first-order valence-electron chi connectivity index (χ1n) is 12.7. The summed E-state index contributed by atoms with van der Waals surface area (Å²) < 4.78 is 38.6. The van der Waals surface area contributed by atoms with Gasteiger partial charge in [0.05, 0.1) is 6.42 Å². The lowest BCUT2D eigenvalue weighted by molar-refractivity contribution is -0.172. The van der Waals surface area contributed by atoms with E-state index in [2.05, 4.69) is 40.4 Å². The third-order valence-corrected chi connectivity index (χ3v) is 11.2. The van der Waals surface area contributed by atoms with Crippen molar-refractivity contribution in [2.75, 3.05) is 13.3 Å². The van der Waals surface area contributed by atoms with Crippen LogP contribution in [0.2, 0.25) is 25.7 Å². The highest BCUT2D eigenvalue weighted by atomic mass is 79.9. The van der Waals surface area contributed by atoms with Gasteiger partial charge in [0.15, 0.2) is 5.41 Å². The van der Waals surface area contributed by atoms with Gasteiger partial charge in [-0.15, -0.1) is 0 Å². The minimum absolute atomic E-state index is 0.0400. The highest BCUT2D eigenvalue weighted by molar-refractivity contribution is 9.10. The number of carbonyl (C=O) groups is 3. The van der Waals surface area contributed by atoms with E-state index >= 15 is 0 Å². The molecule has 10 nitrogen and oxygen atoms in total. The molecule has 1 unspecified atom stereocenters. The maximum Gasteiger partial charge on any atom is 0.341 e. The van der Waals surface area contributed by atoms with Gasteiger partial charge >= 0.3 is 11.9 Å². The lowest BCUT2D eigenvalue weighted by Crippen LogP contribution is -2.42. The van der Waals surface area contributed by atoms with Gasteiger partial charge in [-0.3, -0.25) is 9.59 Å². The van der Waals surface area contributed by atoms with Crippen LogP contribution in [0.5, 0.6) is 0 Å². The van der Waals surface area contributed by atoms with Crippen LogP contribution >= 0.6 is 15.9 Å². The molecule has 0 aromatic heterocycles. The third-order valence-electron chi connectivity index (χ3n) is 6.70. The van der Waals surface area contributed by atoms with Crippen molar-refractivity contribution < 1.29 is 37.1 Å². The van der Waals surface area contributed by atoms with Gasteiger partial charge in [0, 0.05) is 19.2 Å². The Morgan fingerprint density at radius 1 is 1.10 bits per heavy atom. The summed E-state index contributed by atoms with van der Waals surface area (Å²) in [7, 11) is -5.37. The molecule has 1 fully saturated rings. The Morgan fingerprint density at radius 3 is 2.38 bits per heavy atom. The Balaban J connectivity index is 1.75. The molecular formula is C27H35BrN2O8SSi. The number of nitrogens with zero attached hydrogens (tertiary/aromatic N) is 1. The van der Waals surface area contributed by atoms with Gasteiger partial charge in [-0.2, -0.15) is 5.90 Å². The van der Waals surface area contributed by atoms with E-state index in [0.717, 1.165) is 15.9 Å². The average Bonchev–Trinajstić information content (AvgIpc) is 3.12. The predicted octanol–water partition coefficient (Wildman–Crippen LogP) is 4.07. The number of amides is 1. The van der Waals surface area contributed by atoms with Crippen LogP contribution in [-0.4, -0.2) is 52.0 Å². The molecule has 2 aromatic rings. The molecule has 3 rings (SSSR count). The molecule has 2 aromatic carbocycles. The molecule has 0 bridgehead atoms. The smallest absolute Gasteiger partial charge is 0.341 e. The van der Waals surface area contributed by atoms with Crippen molar-refractivity contribution in [1.82, 2.24) is 4.31 Å². The largest absolute Gasteiger partial charge is 0.460 e. The topological polar surface area (TPSA) is 142 Å². The molecule has 40 heavy (non-hydrogen) atoms. The van der Waals surface area contributed by atoms with E-state index in [-0.39, 0.29) is 26.2 Å². The summed E-state index contributed by atoms with van der Waals surface area (Å²) in [6, 6.07) is 14.6. The van der Waals surface area contributed by atoms with Crippen molar-refractivity contribution in [3.05, 3.63) is 69.7 Å². The maximum absolute atomic E-state index is 13.2. The van der Waals surface area contributed by atoms with Crippen LogP contribution in [0.15, 0.2) is 53.0 Å². The average molecular weight is 656 g/mol. The van der Waals surface area contributed by atoms with Gasteiger partial charge in [-0.25, -0.2) is 17.5 Å². The molecule has 1 saturated heterocycles. The molecule has 13 heteroatoms. The number of halogens is 1. The summed E-state index contributed by atoms with van der Waals surface area (Å²) in [5.41, 5.74) is -0.108. The first-order chi connectivity index (χ1) is 18.7. The van der Waals surface area contributed by atoms with Gasteiger partial charge in [0.1, 0.15) is 18.6 Å². The Hall–Kier alpha value is -2.58. The molecule has 1 amide bonds. The molecule has 1 aliphatic heterocycles. The number of carbonyl (C=O) groups excluding carboxylic acids is 3. The van der Waals surface area contributed by atoms with Crippen LogP contribution in [0.4, 0.5) is 0 Å². The number of esters is 1. The Morgan fingerprint density at radius 2 is 1.77 bits per heavy atom. The minimum Gasteiger partial charge on any atom is -0.460 e. The van der Waals surface area contributed by atoms with Crippen molar-refractivity contribution in [3.8, 4) is 0 Å². The van der Waals surface area contributed by atoms with E-state index in [0.29, 0.717) is 22.2 Å². The molecular weight excluding hydrogens is 620 g/mol. The van der Waals surface area contributed by atoms with Crippen molar-refractivity contribution in [3.63, 3.8) is 0 Å². The van der Waals surface area contributed by atoms with E-state index in [4.69, 9.17) is 15.4 Å². The van der Waals surface area contributed by atoms with Crippen molar-refractivity contribution >= 4 is 51.9 Å². The van der Waals surface area contributed by atoms with Crippen LogP contribution in [-0.2, 0) is 51.7 Å². The summed E-state index contributed by atoms with van der Waals surface area (Å²) in [4.78, 5) is 42.6. The molecule has 0 spiro atoms. The summed E-state index contributed by atoms with van der Waals surface area (Å²) >= 11 is 3.42. The van der Waals surface area contributed by atoms with Crippen molar-refractivity contribution in [2.45, 2.75) is 57.3 Å². The third kappa shape index (κ3) is 7.58. The minimum atomic E-state index is -4.01. The van der Waals surface area contributed by atoms with Crippen LogP contribution in [0, 0.1) is 5.41 Å². The second kappa shape index (κ2) is 12.9. The fraction of sp³-hybridized carbons (Fsp3) is 0.444. The summed E-state index contributed by atoms with van der Waals surface area (Å²) in [5.74, 6) is 2.81. The van der Waals surface area contributed by atoms with E-state index in [1.54, 1.807) is 42.5 Å². The van der Waals surface area contributed by atoms with E-state index in [1.165, 1.54) is 6.92 Å². The van der Waals surface area contributed by atoms with Gasteiger partial charge in [0.25, 0.3) is 0 Å². The number of rotatable bonds is 12. The molecule has 1 aliphatic rings. The SMILES string of the molecule is C[C@@](Cc1ccc(C2CC(=O)N(COCC[Si](C)(C)C)S2(=O)=O)c(Br)c1)(C(=O)ON)C(=O)OCc1ccccc1. The summed E-state index contributed by atoms with van der Waals surface area (Å²) in [5, 5.41) is -1.10. The van der Waals surface area contributed by atoms with Crippen molar-refractivity contribution in [2.24, 2.45) is 11.3 Å². The molecule has 0 saturated carbocycles. The molecule has 2 N–H and O–H groups in total. The summed E-state index contributed by atoms with van der Waals surface area (Å²) in [6.07, 6.45) is -0.344. The lowest BCUT2D eigenvalue weighted by atomic mass is 9.83. The fourth-order valence-corrected chi connectivity index (χ4v) is 7.57. The van der Waals surface area contributed by atoms with Crippen LogP contribution in [0.3, 0.4) is 0 Å². The van der Waals surface area contributed by atoms with Gasteiger partial charge in [-0.05, 0) is 42.1 Å². The molecule has 218 valence electrons. The van der Waals surface area contributed by atoms with Gasteiger partial charge in [0.2, 0.25) is 15.9 Å². The highest BCUT2D eigenvalue weighted by Gasteiger charge is 2.47. The lowest BCUT2D eigenvalue weighted by Gasteiger charge is -2.25. The number of nitrogens with two attached hydrogens (primary N) is 1. The zero-order valence-electron chi connectivity index (χ0n) is 23.0. The standard InChI is InChI=1S/C27H35BrN2O8SSi/c1-27(26(33)38-29,25(32)37-17-19-8-6-5-7-9-19)16-20-10-11-21(22(28)14-20)23-15-24(31)30(39(23,34)35)18-36-12-13-40(2,3)4/h5-11,14,23H,12-13,15-18,29H2,1-4H3/t23?,27-/m0/s1. The fourth-order valence-electron chi connectivity index (χ4n) is 4.19. The normalized spacial score (nSPS) is 18.3. The number of benzene rings is 2. The Bertz CT molecular complexity index is 1350. The maximum atomic E-state index is 13.2. The number of sulfonamides is 1. The number of hydrogen-bond acceptors (Lipinski definition) is 9. The van der Waals surface area contributed by atoms with Crippen LogP contribution in [0.25, 0.3) is 0 Å². The van der Waals surface area contributed by atoms with Crippen molar-refractivity contribution in [1.29, 1.82) is 0 Å². The highest BCUT2D eigenvalue weighted by Crippen LogP contribution is 2.40. The predicted molar refractivity (Wildman–Crippen MR) is 155 cm³/mol. The molecule has 1 heterocycles. The van der Waals surface area contributed by atoms with Crippen LogP contribution < -0.4 is 5.90 Å². The first-order valence-corrected chi connectivity index (χ1v) is 18.7. The molecule has 2 atom stereocenters. The quantitative estimate of drug-likeness (QED) is 0.118. The molecule has 0 radical (unpaired) electrons. The second-order valence-electron chi connectivity index (χ2n) is 11.2. The zero-order chi connectivity index (χ0) is 29.7.